The van der Waals surface area contributed by atoms with E-state index in [9.17, 15) is 5.11 Å². The highest BCUT2D eigenvalue weighted by Gasteiger charge is 2.19. The zero-order valence-corrected chi connectivity index (χ0v) is 12.7. The van der Waals surface area contributed by atoms with Crippen molar-refractivity contribution >= 4 is 5.82 Å². The Labute approximate surface area is 131 Å². The lowest BCUT2D eigenvalue weighted by Gasteiger charge is -2.18. The number of benzene rings is 1. The molecule has 0 amide bonds. The largest absolute Gasteiger partial charge is 0.508 e. The number of aromatic hydroxyl groups is 1. The van der Waals surface area contributed by atoms with Crippen molar-refractivity contribution in [1.82, 2.24) is 9.88 Å². The molecule has 114 valence electrons. The van der Waals surface area contributed by atoms with E-state index in [1.165, 1.54) is 29.5 Å². The second-order valence-corrected chi connectivity index (χ2v) is 6.32. The Kier molecular flexibility index (Phi) is 3.47. The molecule has 1 aromatic carbocycles. The Morgan fingerprint density at radius 1 is 1.00 bits per heavy atom. The van der Waals surface area contributed by atoms with Crippen LogP contribution in [0.15, 0.2) is 36.5 Å². The number of nitrogens with zero attached hydrogens (tertiary/aromatic N) is 3. The smallest absolute Gasteiger partial charge is 0.128 e. The van der Waals surface area contributed by atoms with Crippen LogP contribution in [0.4, 0.5) is 5.82 Å². The lowest BCUT2D eigenvalue weighted by Crippen LogP contribution is -2.19. The molecule has 0 atom stereocenters. The van der Waals surface area contributed by atoms with Crippen LogP contribution in [0, 0.1) is 0 Å². The fourth-order valence-corrected chi connectivity index (χ4v) is 3.46. The van der Waals surface area contributed by atoms with Crippen LogP contribution in [0.3, 0.4) is 0 Å². The average Bonchev–Trinajstić information content (AvgIpc) is 3.16. The predicted molar refractivity (Wildman–Crippen MR) is 86.7 cm³/mol. The maximum absolute atomic E-state index is 9.57. The maximum Gasteiger partial charge on any atom is 0.128 e. The third-order valence-electron chi connectivity index (χ3n) is 4.62. The molecule has 0 saturated carbocycles. The van der Waals surface area contributed by atoms with Gasteiger partial charge in [0.2, 0.25) is 0 Å². The van der Waals surface area contributed by atoms with E-state index in [1.807, 2.05) is 18.3 Å². The van der Waals surface area contributed by atoms with Crippen LogP contribution in [0.2, 0.25) is 0 Å². The van der Waals surface area contributed by atoms with Crippen molar-refractivity contribution in [1.29, 1.82) is 0 Å². The van der Waals surface area contributed by atoms with E-state index < -0.39 is 0 Å². The van der Waals surface area contributed by atoms with Gasteiger partial charge in [-0.05, 0) is 47.7 Å². The molecule has 3 heterocycles. The monoisotopic (exact) mass is 295 g/mol. The molecule has 0 aliphatic carbocycles. The first-order valence-corrected chi connectivity index (χ1v) is 8.01. The Bertz CT molecular complexity index is 663. The van der Waals surface area contributed by atoms with Crippen molar-refractivity contribution in [3.63, 3.8) is 0 Å². The first-order valence-electron chi connectivity index (χ1n) is 8.01. The normalized spacial score (nSPS) is 17.9. The highest BCUT2D eigenvalue weighted by Crippen LogP contribution is 2.27. The summed E-state index contributed by atoms with van der Waals surface area (Å²) >= 11 is 0. The number of hydrogen-bond acceptors (Lipinski definition) is 4. The molecule has 1 N–H and O–H groups in total. The van der Waals surface area contributed by atoms with E-state index in [-0.39, 0.29) is 0 Å². The van der Waals surface area contributed by atoms with Gasteiger partial charge in [0.05, 0.1) is 0 Å². The summed E-state index contributed by atoms with van der Waals surface area (Å²) in [5, 5.41) is 9.57. The van der Waals surface area contributed by atoms with Gasteiger partial charge in [0, 0.05) is 38.9 Å². The van der Waals surface area contributed by atoms with E-state index in [0.29, 0.717) is 5.75 Å². The molecule has 4 nitrogen and oxygen atoms in total. The summed E-state index contributed by atoms with van der Waals surface area (Å²) < 4.78 is 0. The molecule has 0 bridgehead atoms. The van der Waals surface area contributed by atoms with Crippen molar-refractivity contribution < 1.29 is 5.11 Å². The zero-order chi connectivity index (χ0) is 14.9. The summed E-state index contributed by atoms with van der Waals surface area (Å²) in [6, 6.07) is 10.0. The van der Waals surface area contributed by atoms with Gasteiger partial charge in [-0.1, -0.05) is 12.1 Å². The summed E-state index contributed by atoms with van der Waals surface area (Å²) in [7, 11) is 0. The fraction of sp³-hybridized carbons (Fsp3) is 0.389. The Balaban J connectivity index is 1.42. The van der Waals surface area contributed by atoms with Gasteiger partial charge < -0.3 is 10.0 Å². The third-order valence-corrected chi connectivity index (χ3v) is 4.62. The van der Waals surface area contributed by atoms with E-state index in [2.05, 4.69) is 26.9 Å². The van der Waals surface area contributed by atoms with Crippen molar-refractivity contribution in [2.45, 2.75) is 32.5 Å². The standard InChI is InChI=1S/C18H21N3O/c22-17-5-4-15-12-20(13-16(15)9-17)11-14-3-6-18(19-10-14)21-7-1-2-8-21/h3-6,9-10,22H,1-2,7-8,11-13H2. The van der Waals surface area contributed by atoms with Crippen LogP contribution >= 0.6 is 0 Å². The minimum absolute atomic E-state index is 0.359. The minimum atomic E-state index is 0.359. The molecular weight excluding hydrogens is 274 g/mol. The van der Waals surface area contributed by atoms with Crippen LogP contribution in [-0.2, 0) is 19.6 Å². The van der Waals surface area contributed by atoms with Crippen LogP contribution in [0.1, 0.15) is 29.5 Å². The number of phenolic OH excluding ortho intramolecular Hbond substituents is 1. The predicted octanol–water partition coefficient (Wildman–Crippen LogP) is 2.90. The molecule has 2 aliphatic heterocycles. The van der Waals surface area contributed by atoms with Gasteiger partial charge in [0.15, 0.2) is 0 Å². The van der Waals surface area contributed by atoms with E-state index in [1.54, 1.807) is 6.07 Å². The fourth-order valence-electron chi connectivity index (χ4n) is 3.46. The summed E-state index contributed by atoms with van der Waals surface area (Å²) in [5.74, 6) is 1.47. The molecule has 4 heteroatoms. The number of anilines is 1. The van der Waals surface area contributed by atoms with E-state index >= 15 is 0 Å². The topological polar surface area (TPSA) is 39.6 Å². The third kappa shape index (κ3) is 2.66. The van der Waals surface area contributed by atoms with Crippen LogP contribution in [0.5, 0.6) is 5.75 Å². The van der Waals surface area contributed by atoms with Gasteiger partial charge in [-0.3, -0.25) is 4.90 Å². The van der Waals surface area contributed by atoms with Crippen LogP contribution in [0.25, 0.3) is 0 Å². The molecule has 1 aromatic heterocycles. The number of fused-ring (bicyclic) bond motifs is 1. The van der Waals surface area contributed by atoms with Crippen LogP contribution < -0.4 is 4.90 Å². The van der Waals surface area contributed by atoms with Crippen molar-refractivity contribution in [3.05, 3.63) is 53.2 Å². The maximum atomic E-state index is 9.57. The van der Waals surface area contributed by atoms with Crippen molar-refractivity contribution in [3.8, 4) is 5.75 Å². The van der Waals surface area contributed by atoms with E-state index in [4.69, 9.17) is 0 Å². The summed E-state index contributed by atoms with van der Waals surface area (Å²) in [5.41, 5.74) is 3.81. The van der Waals surface area contributed by atoms with Gasteiger partial charge >= 0.3 is 0 Å². The minimum Gasteiger partial charge on any atom is -0.508 e. The van der Waals surface area contributed by atoms with E-state index in [0.717, 1.165) is 38.5 Å². The summed E-state index contributed by atoms with van der Waals surface area (Å²) in [6.07, 6.45) is 4.57. The molecule has 4 rings (SSSR count). The van der Waals surface area contributed by atoms with Crippen molar-refractivity contribution in [2.24, 2.45) is 0 Å². The lowest BCUT2D eigenvalue weighted by molar-refractivity contribution is 0.275. The molecule has 1 saturated heterocycles. The SMILES string of the molecule is Oc1ccc2c(c1)CN(Cc1ccc(N3CCCC3)nc1)C2. The summed E-state index contributed by atoms with van der Waals surface area (Å²) in [6.45, 7) is 5.03. The van der Waals surface area contributed by atoms with Gasteiger partial charge in [-0.15, -0.1) is 0 Å². The molecule has 0 radical (unpaired) electrons. The Hall–Kier alpha value is -2.07. The number of phenols is 1. The van der Waals surface area contributed by atoms with Crippen molar-refractivity contribution in [2.75, 3.05) is 18.0 Å². The highest BCUT2D eigenvalue weighted by atomic mass is 16.3. The van der Waals surface area contributed by atoms with Gasteiger partial charge in [-0.25, -0.2) is 4.98 Å². The van der Waals surface area contributed by atoms with Gasteiger partial charge in [-0.2, -0.15) is 0 Å². The lowest BCUT2D eigenvalue weighted by atomic mass is 10.1. The summed E-state index contributed by atoms with van der Waals surface area (Å²) in [4.78, 5) is 9.37. The quantitative estimate of drug-likeness (QED) is 0.945. The molecule has 0 spiro atoms. The molecule has 22 heavy (non-hydrogen) atoms. The second-order valence-electron chi connectivity index (χ2n) is 6.32. The van der Waals surface area contributed by atoms with Gasteiger partial charge in [0.25, 0.3) is 0 Å². The molecule has 0 unspecified atom stereocenters. The number of aromatic nitrogens is 1. The number of hydrogen-bond donors (Lipinski definition) is 1. The molecular formula is C18H21N3O. The molecule has 2 aromatic rings. The number of rotatable bonds is 3. The Morgan fingerprint density at radius 3 is 2.59 bits per heavy atom. The second kappa shape index (κ2) is 5.61. The van der Waals surface area contributed by atoms with Crippen LogP contribution in [-0.4, -0.2) is 28.1 Å². The molecule has 2 aliphatic rings. The number of pyridine rings is 1. The average molecular weight is 295 g/mol. The molecule has 1 fully saturated rings. The first-order chi connectivity index (χ1) is 10.8. The Morgan fingerprint density at radius 2 is 1.82 bits per heavy atom. The first kappa shape index (κ1) is 13.6. The van der Waals surface area contributed by atoms with Gasteiger partial charge in [0.1, 0.15) is 11.6 Å². The zero-order valence-electron chi connectivity index (χ0n) is 12.7. The highest BCUT2D eigenvalue weighted by molar-refractivity contribution is 5.40.